The van der Waals surface area contributed by atoms with Crippen LogP contribution in [-0.2, 0) is 6.54 Å². The van der Waals surface area contributed by atoms with Gasteiger partial charge in [-0.2, -0.15) is 0 Å². The molecular weight excluding hydrogens is 378 g/mol. The summed E-state index contributed by atoms with van der Waals surface area (Å²) in [5.41, 5.74) is 2.93. The van der Waals surface area contributed by atoms with E-state index < -0.39 is 0 Å². The van der Waals surface area contributed by atoms with Crippen LogP contribution in [0.5, 0.6) is 0 Å². The Kier molecular flexibility index (Phi) is 4.95. The number of furan rings is 1. The van der Waals surface area contributed by atoms with Crippen LogP contribution in [-0.4, -0.2) is 16.0 Å². The van der Waals surface area contributed by atoms with Crippen molar-refractivity contribution in [3.05, 3.63) is 82.9 Å². The minimum absolute atomic E-state index is 0.273. The van der Waals surface area contributed by atoms with Gasteiger partial charge >= 0.3 is 0 Å². The highest BCUT2D eigenvalue weighted by molar-refractivity contribution is 6.33. The monoisotopic (exact) mass is 393 g/mol. The number of pyridine rings is 1. The molecule has 0 fully saturated rings. The van der Waals surface area contributed by atoms with Crippen LogP contribution >= 0.6 is 11.6 Å². The van der Waals surface area contributed by atoms with E-state index in [1.807, 2.05) is 30.3 Å². The summed E-state index contributed by atoms with van der Waals surface area (Å²) in [5.74, 6) is 0.760. The topological polar surface area (TPSA) is 81.2 Å². The molecule has 0 spiro atoms. The Balaban J connectivity index is 1.60. The number of carbonyl (C=O) groups is 1. The van der Waals surface area contributed by atoms with Gasteiger partial charge < -0.3 is 14.3 Å². The Hall–Kier alpha value is -3.38. The highest BCUT2D eigenvalue weighted by Crippen LogP contribution is 2.31. The van der Waals surface area contributed by atoms with Crippen molar-refractivity contribution in [3.63, 3.8) is 0 Å². The van der Waals surface area contributed by atoms with E-state index in [0.717, 1.165) is 5.56 Å². The number of benzene rings is 1. The van der Waals surface area contributed by atoms with E-state index in [-0.39, 0.29) is 12.5 Å². The Labute approximate surface area is 166 Å². The van der Waals surface area contributed by atoms with Gasteiger partial charge in [0.15, 0.2) is 5.76 Å². The second-order valence-electron chi connectivity index (χ2n) is 6.11. The summed E-state index contributed by atoms with van der Waals surface area (Å²) in [6, 6.07) is 14.5. The highest BCUT2D eigenvalue weighted by atomic mass is 35.5. The van der Waals surface area contributed by atoms with Crippen LogP contribution in [0.3, 0.4) is 0 Å². The Morgan fingerprint density at radius 1 is 1.11 bits per heavy atom. The van der Waals surface area contributed by atoms with E-state index in [4.69, 9.17) is 20.5 Å². The molecule has 0 unspecified atom stereocenters. The smallest absolute Gasteiger partial charge is 0.257 e. The number of hydrogen-bond acceptors (Lipinski definition) is 5. The van der Waals surface area contributed by atoms with Crippen LogP contribution < -0.4 is 5.32 Å². The molecule has 28 heavy (non-hydrogen) atoms. The molecule has 0 aliphatic carbocycles. The van der Waals surface area contributed by atoms with Crippen LogP contribution in [0.4, 0.5) is 0 Å². The molecule has 0 atom stereocenters. The molecule has 1 amide bonds. The van der Waals surface area contributed by atoms with Crippen molar-refractivity contribution < 1.29 is 13.7 Å². The molecule has 140 valence electrons. The molecule has 3 heterocycles. The van der Waals surface area contributed by atoms with Gasteiger partial charge in [-0.3, -0.25) is 9.78 Å². The zero-order chi connectivity index (χ0) is 19.5. The maximum Gasteiger partial charge on any atom is 0.257 e. The summed E-state index contributed by atoms with van der Waals surface area (Å²) in [6.45, 7) is 1.97. The van der Waals surface area contributed by atoms with Gasteiger partial charge in [0.05, 0.1) is 11.3 Å². The summed E-state index contributed by atoms with van der Waals surface area (Å²) in [7, 11) is 0. The molecule has 7 heteroatoms. The van der Waals surface area contributed by atoms with Crippen molar-refractivity contribution in [2.45, 2.75) is 13.5 Å². The molecule has 0 aliphatic heterocycles. The second kappa shape index (κ2) is 7.70. The first kappa shape index (κ1) is 18.0. The minimum Gasteiger partial charge on any atom is -0.463 e. The largest absolute Gasteiger partial charge is 0.463 e. The molecule has 1 N–H and O–H groups in total. The first-order valence-corrected chi connectivity index (χ1v) is 9.00. The predicted molar refractivity (Wildman–Crippen MR) is 105 cm³/mol. The van der Waals surface area contributed by atoms with E-state index in [0.29, 0.717) is 39.1 Å². The number of amides is 1. The number of halogens is 1. The zero-order valence-corrected chi connectivity index (χ0v) is 15.7. The molecule has 0 saturated carbocycles. The van der Waals surface area contributed by atoms with Gasteiger partial charge in [-0.25, -0.2) is 0 Å². The van der Waals surface area contributed by atoms with Crippen LogP contribution in [0, 0.1) is 6.92 Å². The van der Waals surface area contributed by atoms with Crippen LogP contribution in [0.1, 0.15) is 21.7 Å². The third kappa shape index (κ3) is 3.42. The fraction of sp³-hybridized carbons (Fsp3) is 0.0952. The second-order valence-corrected chi connectivity index (χ2v) is 6.52. The highest BCUT2D eigenvalue weighted by Gasteiger charge is 2.23. The summed E-state index contributed by atoms with van der Waals surface area (Å²) in [5, 5.41) is 7.44. The Morgan fingerprint density at radius 2 is 1.96 bits per heavy atom. The van der Waals surface area contributed by atoms with Crippen LogP contribution in [0.25, 0.3) is 22.7 Å². The number of nitrogens with zero attached hydrogens (tertiary/aromatic N) is 2. The quantitative estimate of drug-likeness (QED) is 0.522. The average Bonchev–Trinajstić information content (AvgIpc) is 3.37. The predicted octanol–water partition coefficient (Wildman–Crippen LogP) is 4.89. The molecular formula is C21H16ClN3O3. The molecule has 4 aromatic rings. The SMILES string of the molecule is Cc1onc(-c2ccccc2Cl)c1C(=O)NCc1cccnc1-c1ccco1. The molecule has 0 radical (unpaired) electrons. The molecule has 0 bridgehead atoms. The van der Waals surface area contributed by atoms with Crippen molar-refractivity contribution in [1.29, 1.82) is 0 Å². The number of aryl methyl sites for hydroxylation is 1. The lowest BCUT2D eigenvalue weighted by molar-refractivity contribution is 0.0950. The summed E-state index contributed by atoms with van der Waals surface area (Å²) >= 11 is 6.26. The van der Waals surface area contributed by atoms with Crippen molar-refractivity contribution in [3.8, 4) is 22.7 Å². The third-order valence-corrected chi connectivity index (χ3v) is 4.63. The van der Waals surface area contributed by atoms with E-state index in [1.165, 1.54) is 0 Å². The molecule has 4 rings (SSSR count). The first-order valence-electron chi connectivity index (χ1n) is 8.62. The zero-order valence-electron chi connectivity index (χ0n) is 15.0. The lowest BCUT2D eigenvalue weighted by Crippen LogP contribution is -2.24. The standard InChI is InChI=1S/C21H16ClN3O3/c1-13-18(20(25-28-13)15-7-2-3-8-16(15)22)21(26)24-12-14-6-4-10-23-19(14)17-9-5-11-27-17/h2-11H,12H2,1H3,(H,24,26). The Bertz CT molecular complexity index is 1120. The summed E-state index contributed by atoms with van der Waals surface area (Å²) in [4.78, 5) is 17.3. The number of hydrogen-bond donors (Lipinski definition) is 1. The van der Waals surface area contributed by atoms with Gasteiger partial charge in [0.25, 0.3) is 5.91 Å². The van der Waals surface area contributed by atoms with E-state index in [2.05, 4.69) is 15.5 Å². The molecule has 3 aromatic heterocycles. The van der Waals surface area contributed by atoms with Gasteiger partial charge in [-0.15, -0.1) is 0 Å². The van der Waals surface area contributed by atoms with E-state index in [9.17, 15) is 4.79 Å². The number of nitrogens with one attached hydrogen (secondary N) is 1. The summed E-state index contributed by atoms with van der Waals surface area (Å²) < 4.78 is 10.7. The molecule has 0 aliphatic rings. The van der Waals surface area contributed by atoms with E-state index in [1.54, 1.807) is 37.6 Å². The summed E-state index contributed by atoms with van der Waals surface area (Å²) in [6.07, 6.45) is 3.27. The lowest BCUT2D eigenvalue weighted by Gasteiger charge is -2.09. The normalized spacial score (nSPS) is 10.8. The van der Waals surface area contributed by atoms with Crippen molar-refractivity contribution in [1.82, 2.24) is 15.5 Å². The van der Waals surface area contributed by atoms with Gasteiger partial charge in [0.2, 0.25) is 0 Å². The van der Waals surface area contributed by atoms with Gasteiger partial charge in [-0.05, 0) is 31.2 Å². The number of carbonyl (C=O) groups excluding carboxylic acids is 1. The van der Waals surface area contributed by atoms with Crippen molar-refractivity contribution >= 4 is 17.5 Å². The molecule has 0 saturated heterocycles. The third-order valence-electron chi connectivity index (χ3n) is 4.30. The first-order chi connectivity index (χ1) is 13.6. The number of aromatic nitrogens is 2. The van der Waals surface area contributed by atoms with Crippen LogP contribution in [0.2, 0.25) is 5.02 Å². The van der Waals surface area contributed by atoms with E-state index >= 15 is 0 Å². The van der Waals surface area contributed by atoms with Gasteiger partial charge in [-0.1, -0.05) is 41.0 Å². The fourth-order valence-electron chi connectivity index (χ4n) is 2.96. The van der Waals surface area contributed by atoms with Gasteiger partial charge in [0.1, 0.15) is 22.7 Å². The van der Waals surface area contributed by atoms with Crippen molar-refractivity contribution in [2.24, 2.45) is 0 Å². The average molecular weight is 394 g/mol. The van der Waals surface area contributed by atoms with Crippen LogP contribution in [0.15, 0.2) is 69.9 Å². The fourth-order valence-corrected chi connectivity index (χ4v) is 3.18. The molecule has 1 aromatic carbocycles. The van der Waals surface area contributed by atoms with Crippen molar-refractivity contribution in [2.75, 3.05) is 0 Å². The van der Waals surface area contributed by atoms with Gasteiger partial charge in [0, 0.05) is 23.9 Å². The lowest BCUT2D eigenvalue weighted by atomic mass is 10.1. The molecule has 6 nitrogen and oxygen atoms in total. The minimum atomic E-state index is -0.303. The number of rotatable bonds is 5. The maximum atomic E-state index is 12.9. The Morgan fingerprint density at radius 3 is 2.75 bits per heavy atom. The maximum absolute atomic E-state index is 12.9.